The van der Waals surface area contributed by atoms with Gasteiger partial charge in [0.2, 0.25) is 4.99 Å². The lowest BCUT2D eigenvalue weighted by Gasteiger charge is -2.30. The molecule has 1 atom stereocenters. The van der Waals surface area contributed by atoms with Crippen LogP contribution in [0, 0.1) is 0 Å². The van der Waals surface area contributed by atoms with E-state index < -0.39 is 4.99 Å². The van der Waals surface area contributed by atoms with Crippen molar-refractivity contribution >= 4 is 18.0 Å². The third kappa shape index (κ3) is 1.87. The predicted molar refractivity (Wildman–Crippen MR) is 62.6 cm³/mol. The maximum absolute atomic E-state index is 4.51. The minimum atomic E-state index is -0.471. The van der Waals surface area contributed by atoms with Gasteiger partial charge in [0.05, 0.1) is 0 Å². The molecule has 1 N–H and O–H groups in total. The van der Waals surface area contributed by atoms with Gasteiger partial charge < -0.3 is 5.32 Å². The lowest BCUT2D eigenvalue weighted by molar-refractivity contribution is 0.579. The number of rotatable bonds is 2. The minimum Gasteiger partial charge on any atom is -0.355 e. The molecular weight excluding hydrogens is 208 g/mol. The lowest BCUT2D eigenvalue weighted by atomic mass is 10.2. The number of hydrogen-bond donors (Lipinski definition) is 1. The third-order valence-electron chi connectivity index (χ3n) is 2.19. The second-order valence-corrected chi connectivity index (χ2v) is 4.27. The Morgan fingerprint density at radius 3 is 2.60 bits per heavy atom. The highest BCUT2D eigenvalue weighted by Crippen LogP contribution is 2.34. The van der Waals surface area contributed by atoms with Crippen molar-refractivity contribution < 1.29 is 0 Å². The van der Waals surface area contributed by atoms with E-state index in [0.29, 0.717) is 0 Å². The summed E-state index contributed by atoms with van der Waals surface area (Å²) < 4.78 is 0. The zero-order valence-corrected chi connectivity index (χ0v) is 9.45. The highest BCUT2D eigenvalue weighted by atomic mass is 32.2. The summed E-state index contributed by atoms with van der Waals surface area (Å²) in [7, 11) is 0. The summed E-state index contributed by atoms with van der Waals surface area (Å²) in [5.74, 6) is 0. The molecule has 0 saturated carbocycles. The molecule has 0 saturated heterocycles. The van der Waals surface area contributed by atoms with Crippen molar-refractivity contribution in [3.05, 3.63) is 36.1 Å². The summed E-state index contributed by atoms with van der Waals surface area (Å²) in [6.45, 7) is 2.00. The van der Waals surface area contributed by atoms with Crippen LogP contribution in [0.25, 0.3) is 0 Å². The molecule has 0 aliphatic carbocycles. The van der Waals surface area contributed by atoms with Gasteiger partial charge in [-0.05, 0) is 18.8 Å². The van der Waals surface area contributed by atoms with Gasteiger partial charge in [0, 0.05) is 30.4 Å². The third-order valence-corrected chi connectivity index (χ3v) is 3.24. The van der Waals surface area contributed by atoms with E-state index in [0.717, 1.165) is 11.1 Å². The van der Waals surface area contributed by atoms with E-state index in [9.17, 15) is 0 Å². The number of aliphatic imine (C=N–C) groups is 1. The van der Waals surface area contributed by atoms with Crippen molar-refractivity contribution in [1.29, 1.82) is 0 Å². The lowest BCUT2D eigenvalue weighted by Crippen LogP contribution is -2.36. The summed E-state index contributed by atoms with van der Waals surface area (Å²) >= 11 is 1.61. The van der Waals surface area contributed by atoms with Gasteiger partial charge >= 0.3 is 0 Å². The van der Waals surface area contributed by atoms with Crippen LogP contribution in [-0.2, 0) is 4.99 Å². The Kier molecular flexibility index (Phi) is 2.73. The molecule has 0 bridgehead atoms. The molecule has 0 fully saturated rings. The number of nitrogens with one attached hydrogen (secondary N) is 1. The van der Waals surface area contributed by atoms with Crippen molar-refractivity contribution in [2.75, 3.05) is 6.26 Å². The van der Waals surface area contributed by atoms with E-state index in [4.69, 9.17) is 0 Å². The van der Waals surface area contributed by atoms with Gasteiger partial charge in [-0.1, -0.05) is 0 Å². The highest BCUT2D eigenvalue weighted by Gasteiger charge is 2.31. The predicted octanol–water partition coefficient (Wildman–Crippen LogP) is 1.53. The number of nitrogens with zero attached hydrogens (tertiary/aromatic N) is 3. The molecule has 1 unspecified atom stereocenters. The number of aromatic nitrogens is 2. The SMILES string of the molecule is CSC1(c2cncnc2)N=CC(C)=CN1. The molecule has 0 spiro atoms. The van der Waals surface area contributed by atoms with Crippen LogP contribution in [0.15, 0.2) is 35.5 Å². The number of thioether (sulfide) groups is 1. The van der Waals surface area contributed by atoms with Crippen LogP contribution in [0.3, 0.4) is 0 Å². The first-order chi connectivity index (χ1) is 7.27. The quantitative estimate of drug-likeness (QED) is 0.821. The van der Waals surface area contributed by atoms with Crippen molar-refractivity contribution in [3.8, 4) is 0 Å². The average molecular weight is 220 g/mol. The summed E-state index contributed by atoms with van der Waals surface area (Å²) in [5, 5.41) is 3.27. The standard InChI is InChI=1S/C10H12N4S/c1-8-3-13-10(15-2,14-4-8)9-5-11-7-12-6-9/h3-7,13H,1-2H3. The van der Waals surface area contributed by atoms with Crippen LogP contribution in [0.2, 0.25) is 0 Å². The first kappa shape index (κ1) is 10.2. The summed E-state index contributed by atoms with van der Waals surface area (Å²) in [6, 6.07) is 0. The first-order valence-corrected chi connectivity index (χ1v) is 5.80. The molecule has 4 nitrogen and oxygen atoms in total. The molecule has 15 heavy (non-hydrogen) atoms. The molecular formula is C10H12N4S. The summed E-state index contributed by atoms with van der Waals surface area (Å²) in [6.07, 6.45) is 10.9. The second kappa shape index (κ2) is 4.02. The zero-order chi connectivity index (χ0) is 10.7. The molecule has 2 heterocycles. The summed E-state index contributed by atoms with van der Waals surface area (Å²) in [4.78, 5) is 12.1. The van der Waals surface area contributed by atoms with Gasteiger partial charge in [0.1, 0.15) is 6.33 Å². The Morgan fingerprint density at radius 2 is 2.07 bits per heavy atom. The molecule has 78 valence electrons. The van der Waals surface area contributed by atoms with E-state index in [-0.39, 0.29) is 0 Å². The maximum Gasteiger partial charge on any atom is 0.206 e. The molecule has 0 aromatic carbocycles. The molecule has 5 heteroatoms. The fourth-order valence-corrected chi connectivity index (χ4v) is 2.02. The van der Waals surface area contributed by atoms with Crippen molar-refractivity contribution in [2.24, 2.45) is 4.99 Å². The van der Waals surface area contributed by atoms with Crippen LogP contribution >= 0.6 is 11.8 Å². The van der Waals surface area contributed by atoms with E-state index in [1.165, 1.54) is 6.33 Å². The van der Waals surface area contributed by atoms with E-state index in [2.05, 4.69) is 20.3 Å². The molecule has 2 rings (SSSR count). The van der Waals surface area contributed by atoms with Crippen LogP contribution in [-0.4, -0.2) is 22.4 Å². The number of allylic oxidation sites excluding steroid dienone is 1. The van der Waals surface area contributed by atoms with Gasteiger partial charge in [0.15, 0.2) is 0 Å². The van der Waals surface area contributed by atoms with Crippen LogP contribution in [0.4, 0.5) is 0 Å². The molecule has 0 amide bonds. The first-order valence-electron chi connectivity index (χ1n) is 4.57. The van der Waals surface area contributed by atoms with Crippen molar-refractivity contribution in [3.63, 3.8) is 0 Å². The largest absolute Gasteiger partial charge is 0.355 e. The van der Waals surface area contributed by atoms with E-state index in [1.807, 2.05) is 25.6 Å². The highest BCUT2D eigenvalue weighted by molar-refractivity contribution is 7.99. The minimum absolute atomic E-state index is 0.471. The Morgan fingerprint density at radius 1 is 1.33 bits per heavy atom. The van der Waals surface area contributed by atoms with Gasteiger partial charge in [-0.3, -0.25) is 0 Å². The average Bonchev–Trinajstić information content (AvgIpc) is 2.32. The molecule has 1 aliphatic rings. The summed E-state index contributed by atoms with van der Waals surface area (Å²) in [5.41, 5.74) is 2.06. The van der Waals surface area contributed by atoms with Crippen LogP contribution in [0.1, 0.15) is 12.5 Å². The second-order valence-electron chi connectivity index (χ2n) is 3.27. The van der Waals surface area contributed by atoms with Crippen LogP contribution in [0.5, 0.6) is 0 Å². The Balaban J connectivity index is 2.37. The zero-order valence-electron chi connectivity index (χ0n) is 8.64. The fourth-order valence-electron chi connectivity index (χ4n) is 1.34. The molecule has 1 aromatic rings. The van der Waals surface area contributed by atoms with Gasteiger partial charge in [-0.2, -0.15) is 0 Å². The van der Waals surface area contributed by atoms with E-state index >= 15 is 0 Å². The maximum atomic E-state index is 4.51. The van der Waals surface area contributed by atoms with Gasteiger partial charge in [0.25, 0.3) is 0 Å². The van der Waals surface area contributed by atoms with Gasteiger partial charge in [-0.15, -0.1) is 11.8 Å². The monoisotopic (exact) mass is 220 g/mol. The normalized spacial score (nSPS) is 24.5. The van der Waals surface area contributed by atoms with E-state index in [1.54, 1.807) is 24.2 Å². The Hall–Kier alpha value is -1.36. The van der Waals surface area contributed by atoms with Crippen molar-refractivity contribution in [1.82, 2.24) is 15.3 Å². The molecule has 0 radical (unpaired) electrons. The smallest absolute Gasteiger partial charge is 0.206 e. The van der Waals surface area contributed by atoms with Gasteiger partial charge in [-0.25, -0.2) is 15.0 Å². The van der Waals surface area contributed by atoms with Crippen molar-refractivity contribution in [2.45, 2.75) is 11.9 Å². The fraction of sp³-hybridized carbons (Fsp3) is 0.300. The Labute approximate surface area is 92.9 Å². The van der Waals surface area contributed by atoms with Crippen LogP contribution < -0.4 is 5.32 Å². The molecule has 1 aromatic heterocycles. The Bertz CT molecular complexity index is 401. The molecule has 1 aliphatic heterocycles. The topological polar surface area (TPSA) is 50.2 Å². The number of hydrogen-bond acceptors (Lipinski definition) is 5.